The molecule has 5 rings (SSSR count). The molecular weight excluding hydrogens is 479 g/mol. The van der Waals surface area contributed by atoms with Gasteiger partial charge < -0.3 is 0 Å². The summed E-state index contributed by atoms with van der Waals surface area (Å²) in [4.78, 5) is 27.8. The minimum atomic E-state index is -0.596. The van der Waals surface area contributed by atoms with Gasteiger partial charge in [-0.1, -0.05) is 48.5 Å². The summed E-state index contributed by atoms with van der Waals surface area (Å²) in [6.45, 7) is 1.75. The molecular formula is C31H23FN4O2. The first-order valence-electron chi connectivity index (χ1n) is 12.1. The van der Waals surface area contributed by atoms with Crippen LogP contribution in [0.1, 0.15) is 18.1 Å². The van der Waals surface area contributed by atoms with Crippen LogP contribution < -0.4 is 0 Å². The van der Waals surface area contributed by atoms with Gasteiger partial charge in [0.15, 0.2) is 0 Å². The van der Waals surface area contributed by atoms with E-state index >= 15 is 0 Å². The van der Waals surface area contributed by atoms with Crippen LogP contribution in [0, 0.1) is 17.1 Å². The molecule has 1 aliphatic rings. The van der Waals surface area contributed by atoms with Crippen LogP contribution in [0.5, 0.6) is 0 Å². The molecule has 0 unspecified atom stereocenters. The fourth-order valence-electron chi connectivity index (χ4n) is 4.41. The summed E-state index contributed by atoms with van der Waals surface area (Å²) in [5.41, 5.74) is 4.07. The van der Waals surface area contributed by atoms with E-state index in [-0.39, 0.29) is 23.5 Å². The number of aromatic nitrogens is 2. The van der Waals surface area contributed by atoms with E-state index in [0.29, 0.717) is 28.8 Å². The van der Waals surface area contributed by atoms with Crippen LogP contribution in [0.4, 0.5) is 4.39 Å². The van der Waals surface area contributed by atoms with Gasteiger partial charge in [0.05, 0.1) is 11.4 Å². The summed E-state index contributed by atoms with van der Waals surface area (Å²) in [6.07, 6.45) is 3.90. The van der Waals surface area contributed by atoms with E-state index < -0.39 is 11.8 Å². The van der Waals surface area contributed by atoms with Crippen molar-refractivity contribution in [3.63, 3.8) is 0 Å². The maximum Gasteiger partial charge on any atom is 0.271 e. The zero-order valence-corrected chi connectivity index (χ0v) is 20.6. The molecule has 0 atom stereocenters. The van der Waals surface area contributed by atoms with Gasteiger partial charge in [0.25, 0.3) is 11.8 Å². The third kappa shape index (κ3) is 4.80. The molecule has 4 aromatic rings. The number of hydrogen-bond donors (Lipinski definition) is 0. The summed E-state index contributed by atoms with van der Waals surface area (Å²) in [5.74, 6) is -1.44. The number of benzene rings is 3. The van der Waals surface area contributed by atoms with E-state index in [1.165, 1.54) is 12.1 Å². The standard InChI is InChI=1S/C31H23FN4O2/c1-21-27(30(37)35(31(38)28(21)19-33)17-16-22-8-4-2-5-9-22)18-24-20-36(26-10-6-3-7-11-26)34-29(24)23-12-14-25(32)15-13-23/h2-15,18,20H,16-17H2,1H3/b27-18+. The number of imide groups is 1. The zero-order chi connectivity index (χ0) is 26.6. The van der Waals surface area contributed by atoms with Gasteiger partial charge in [0, 0.05) is 29.4 Å². The van der Waals surface area contributed by atoms with Crippen LogP contribution in [0.3, 0.4) is 0 Å². The predicted octanol–water partition coefficient (Wildman–Crippen LogP) is 5.51. The first-order valence-corrected chi connectivity index (χ1v) is 12.1. The SMILES string of the molecule is CC1=C(C#N)C(=O)N(CCc2ccccc2)C(=O)/C1=C/c1cn(-c2ccccc2)nc1-c1ccc(F)cc1. The van der Waals surface area contributed by atoms with Gasteiger partial charge in [-0.2, -0.15) is 10.4 Å². The number of carbonyl (C=O) groups is 2. The van der Waals surface area contributed by atoms with Crippen molar-refractivity contribution >= 4 is 17.9 Å². The Hall–Kier alpha value is -5.09. The molecule has 0 fully saturated rings. The average molecular weight is 503 g/mol. The Balaban J connectivity index is 1.60. The van der Waals surface area contributed by atoms with Gasteiger partial charge in [-0.25, -0.2) is 9.07 Å². The normalized spacial score (nSPS) is 14.8. The van der Waals surface area contributed by atoms with E-state index in [2.05, 4.69) is 0 Å². The lowest BCUT2D eigenvalue weighted by Crippen LogP contribution is -2.43. The zero-order valence-electron chi connectivity index (χ0n) is 20.6. The highest BCUT2D eigenvalue weighted by Gasteiger charge is 2.35. The molecule has 0 radical (unpaired) electrons. The molecule has 1 aromatic heterocycles. The molecule has 2 amide bonds. The Kier molecular flexibility index (Phi) is 6.79. The maximum atomic E-state index is 13.6. The fourth-order valence-corrected chi connectivity index (χ4v) is 4.41. The van der Waals surface area contributed by atoms with E-state index in [9.17, 15) is 19.2 Å². The molecule has 2 heterocycles. The molecule has 7 heteroatoms. The van der Waals surface area contributed by atoms with Crippen molar-refractivity contribution in [3.8, 4) is 23.0 Å². The highest BCUT2D eigenvalue weighted by Crippen LogP contribution is 2.31. The number of para-hydroxylation sites is 1. The largest absolute Gasteiger partial charge is 0.273 e. The molecule has 0 aliphatic carbocycles. The molecule has 186 valence electrons. The van der Waals surface area contributed by atoms with Crippen molar-refractivity contribution in [2.45, 2.75) is 13.3 Å². The first kappa shape index (κ1) is 24.6. The smallest absolute Gasteiger partial charge is 0.271 e. The molecule has 0 bridgehead atoms. The molecule has 0 saturated heterocycles. The Morgan fingerprint density at radius 3 is 2.24 bits per heavy atom. The van der Waals surface area contributed by atoms with Gasteiger partial charge in [-0.05, 0) is 67.0 Å². The van der Waals surface area contributed by atoms with Crippen LogP contribution in [0.15, 0.2) is 108 Å². The topological polar surface area (TPSA) is 79.0 Å². The number of amides is 2. The lowest BCUT2D eigenvalue weighted by atomic mass is 9.93. The van der Waals surface area contributed by atoms with E-state index in [0.717, 1.165) is 16.2 Å². The Bertz CT molecular complexity index is 1610. The van der Waals surface area contributed by atoms with E-state index in [1.54, 1.807) is 36.0 Å². The second-order valence-electron chi connectivity index (χ2n) is 8.89. The Labute approximate surface area is 219 Å². The number of halogens is 1. The lowest BCUT2D eigenvalue weighted by molar-refractivity contribution is -0.140. The number of nitrogens with zero attached hydrogens (tertiary/aromatic N) is 4. The highest BCUT2D eigenvalue weighted by atomic mass is 19.1. The summed E-state index contributed by atoms with van der Waals surface area (Å²) in [6, 6.07) is 26.9. The summed E-state index contributed by atoms with van der Waals surface area (Å²) < 4.78 is 15.3. The summed E-state index contributed by atoms with van der Waals surface area (Å²) in [7, 11) is 0. The minimum absolute atomic E-state index is 0.0669. The first-order chi connectivity index (χ1) is 18.5. The van der Waals surface area contributed by atoms with Crippen molar-refractivity contribution in [1.82, 2.24) is 14.7 Å². The predicted molar refractivity (Wildman–Crippen MR) is 142 cm³/mol. The number of rotatable bonds is 6. The van der Waals surface area contributed by atoms with Crippen molar-refractivity contribution in [2.24, 2.45) is 0 Å². The monoisotopic (exact) mass is 502 g/mol. The second kappa shape index (κ2) is 10.5. The maximum absolute atomic E-state index is 13.6. The number of hydrogen-bond acceptors (Lipinski definition) is 4. The third-order valence-corrected chi connectivity index (χ3v) is 6.47. The van der Waals surface area contributed by atoms with Gasteiger partial charge in [0.1, 0.15) is 17.5 Å². The van der Waals surface area contributed by atoms with Crippen molar-refractivity contribution in [1.29, 1.82) is 5.26 Å². The molecule has 0 spiro atoms. The van der Waals surface area contributed by atoms with Gasteiger partial charge >= 0.3 is 0 Å². The molecule has 38 heavy (non-hydrogen) atoms. The summed E-state index contributed by atoms with van der Waals surface area (Å²) in [5, 5.41) is 14.5. The highest BCUT2D eigenvalue weighted by molar-refractivity contribution is 6.19. The van der Waals surface area contributed by atoms with Crippen molar-refractivity contribution in [3.05, 3.63) is 125 Å². The van der Waals surface area contributed by atoms with Crippen molar-refractivity contribution in [2.75, 3.05) is 6.54 Å². The second-order valence-corrected chi connectivity index (χ2v) is 8.89. The van der Waals surface area contributed by atoms with E-state index in [4.69, 9.17) is 5.10 Å². The van der Waals surface area contributed by atoms with Crippen LogP contribution in [0.25, 0.3) is 23.0 Å². The average Bonchev–Trinajstić information content (AvgIpc) is 3.37. The molecule has 0 saturated carbocycles. The Morgan fingerprint density at radius 2 is 1.58 bits per heavy atom. The summed E-state index contributed by atoms with van der Waals surface area (Å²) >= 11 is 0. The van der Waals surface area contributed by atoms with Crippen LogP contribution in [-0.2, 0) is 16.0 Å². The van der Waals surface area contributed by atoms with Crippen LogP contribution in [0.2, 0.25) is 0 Å². The quantitative estimate of drug-likeness (QED) is 0.257. The van der Waals surface area contributed by atoms with Crippen molar-refractivity contribution < 1.29 is 14.0 Å². The van der Waals surface area contributed by atoms with Crippen LogP contribution in [-0.4, -0.2) is 33.0 Å². The molecule has 6 nitrogen and oxygen atoms in total. The lowest BCUT2D eigenvalue weighted by Gasteiger charge is -2.27. The Morgan fingerprint density at radius 1 is 0.921 bits per heavy atom. The van der Waals surface area contributed by atoms with Crippen LogP contribution >= 0.6 is 0 Å². The van der Waals surface area contributed by atoms with Gasteiger partial charge in [0.2, 0.25) is 0 Å². The van der Waals surface area contributed by atoms with E-state index in [1.807, 2.05) is 66.7 Å². The number of carbonyl (C=O) groups excluding carboxylic acids is 2. The number of nitriles is 1. The molecule has 1 aliphatic heterocycles. The van der Waals surface area contributed by atoms with Gasteiger partial charge in [-0.15, -0.1) is 0 Å². The van der Waals surface area contributed by atoms with Gasteiger partial charge in [-0.3, -0.25) is 14.5 Å². The molecule has 0 N–H and O–H groups in total. The molecule has 3 aromatic carbocycles. The minimum Gasteiger partial charge on any atom is -0.273 e. The third-order valence-electron chi connectivity index (χ3n) is 6.47. The fraction of sp³-hybridized carbons (Fsp3) is 0.0968.